The van der Waals surface area contributed by atoms with Crippen LogP contribution in [0.15, 0.2) is 24.3 Å². The van der Waals surface area contributed by atoms with E-state index in [4.69, 9.17) is 0 Å². The zero-order valence-corrected chi connectivity index (χ0v) is 12.6. The summed E-state index contributed by atoms with van der Waals surface area (Å²) in [4.78, 5) is 23.8. The van der Waals surface area contributed by atoms with E-state index in [0.29, 0.717) is 6.42 Å². The van der Waals surface area contributed by atoms with Gasteiger partial charge >= 0.3 is 5.97 Å². The van der Waals surface area contributed by atoms with Crippen LogP contribution in [-0.2, 0) is 16.0 Å². The van der Waals surface area contributed by atoms with Crippen LogP contribution in [0.2, 0.25) is 0 Å². The van der Waals surface area contributed by atoms with Gasteiger partial charge in [-0.3, -0.25) is 4.79 Å². The van der Waals surface area contributed by atoms with E-state index in [1.165, 1.54) is 5.56 Å². The molecule has 1 aromatic rings. The smallest absolute Gasteiger partial charge is 0.326 e. The third-order valence-corrected chi connectivity index (χ3v) is 4.01. The van der Waals surface area contributed by atoms with Crippen LogP contribution >= 0.6 is 0 Å². The van der Waals surface area contributed by atoms with E-state index < -0.39 is 12.0 Å². The lowest BCUT2D eigenvalue weighted by molar-refractivity contribution is -0.142. The Morgan fingerprint density at radius 1 is 1.33 bits per heavy atom. The molecule has 114 valence electrons. The van der Waals surface area contributed by atoms with Gasteiger partial charge in [-0.15, -0.1) is 0 Å². The van der Waals surface area contributed by atoms with Gasteiger partial charge in [0.15, 0.2) is 0 Å². The first-order valence-electron chi connectivity index (χ1n) is 7.60. The predicted molar refractivity (Wildman–Crippen MR) is 81.1 cm³/mol. The zero-order chi connectivity index (χ0) is 15.4. The van der Waals surface area contributed by atoms with Gasteiger partial charge < -0.3 is 10.4 Å². The van der Waals surface area contributed by atoms with Crippen molar-refractivity contribution >= 4 is 11.9 Å². The molecule has 2 rings (SSSR count). The number of carbonyl (C=O) groups excluding carboxylic acids is 1. The van der Waals surface area contributed by atoms with Crippen molar-refractivity contribution in [2.45, 2.75) is 51.5 Å². The van der Waals surface area contributed by atoms with Gasteiger partial charge in [0.1, 0.15) is 6.04 Å². The summed E-state index contributed by atoms with van der Waals surface area (Å²) >= 11 is 0. The van der Waals surface area contributed by atoms with Crippen LogP contribution in [0.1, 0.15) is 50.2 Å². The van der Waals surface area contributed by atoms with Gasteiger partial charge in [-0.1, -0.05) is 38.1 Å². The molecule has 0 heterocycles. The number of amides is 1. The average molecular weight is 289 g/mol. The number of aliphatic carboxylic acids is 1. The molecule has 0 spiro atoms. The summed E-state index contributed by atoms with van der Waals surface area (Å²) in [6, 6.07) is 7.16. The molecule has 4 heteroatoms. The first kappa shape index (κ1) is 15.5. The van der Waals surface area contributed by atoms with Gasteiger partial charge in [0.25, 0.3) is 0 Å². The maximum absolute atomic E-state index is 12.5. The second-order valence-corrected chi connectivity index (χ2v) is 6.17. The van der Waals surface area contributed by atoms with Crippen molar-refractivity contribution in [1.29, 1.82) is 0 Å². The first-order chi connectivity index (χ1) is 9.99. The van der Waals surface area contributed by atoms with E-state index in [9.17, 15) is 14.7 Å². The number of fused-ring (bicyclic) bond motifs is 1. The molecule has 0 fully saturated rings. The number of carboxylic acids is 1. The van der Waals surface area contributed by atoms with Gasteiger partial charge in [0.05, 0.1) is 5.92 Å². The molecule has 0 bridgehead atoms. The van der Waals surface area contributed by atoms with E-state index in [1.54, 1.807) is 0 Å². The Kier molecular flexibility index (Phi) is 4.99. The molecule has 0 aromatic heterocycles. The Morgan fingerprint density at radius 2 is 2.05 bits per heavy atom. The van der Waals surface area contributed by atoms with Gasteiger partial charge in [-0.05, 0) is 42.7 Å². The van der Waals surface area contributed by atoms with Crippen LogP contribution in [0.4, 0.5) is 0 Å². The monoisotopic (exact) mass is 289 g/mol. The fourth-order valence-electron chi connectivity index (χ4n) is 2.99. The van der Waals surface area contributed by atoms with Gasteiger partial charge in [-0.25, -0.2) is 4.79 Å². The molecular formula is C17H23NO3. The molecule has 21 heavy (non-hydrogen) atoms. The third-order valence-electron chi connectivity index (χ3n) is 4.01. The number of carbonyl (C=O) groups is 2. The Balaban J connectivity index is 2.12. The van der Waals surface area contributed by atoms with Crippen LogP contribution in [0.3, 0.4) is 0 Å². The summed E-state index contributed by atoms with van der Waals surface area (Å²) < 4.78 is 0. The van der Waals surface area contributed by atoms with Crippen LogP contribution in [0, 0.1) is 5.92 Å². The van der Waals surface area contributed by atoms with Crippen molar-refractivity contribution < 1.29 is 14.7 Å². The maximum atomic E-state index is 12.5. The molecule has 0 radical (unpaired) electrons. The van der Waals surface area contributed by atoms with E-state index in [-0.39, 0.29) is 17.7 Å². The number of benzene rings is 1. The van der Waals surface area contributed by atoms with Crippen LogP contribution < -0.4 is 5.32 Å². The number of aryl methyl sites for hydroxylation is 1. The summed E-state index contributed by atoms with van der Waals surface area (Å²) in [5, 5.41) is 12.0. The van der Waals surface area contributed by atoms with Crippen LogP contribution in [-0.4, -0.2) is 23.0 Å². The van der Waals surface area contributed by atoms with Crippen molar-refractivity contribution in [2.24, 2.45) is 5.92 Å². The van der Waals surface area contributed by atoms with E-state index >= 15 is 0 Å². The highest BCUT2D eigenvalue weighted by atomic mass is 16.4. The minimum atomic E-state index is -0.957. The maximum Gasteiger partial charge on any atom is 0.326 e. The molecule has 4 nitrogen and oxygen atoms in total. The Labute approximate surface area is 125 Å². The summed E-state index contributed by atoms with van der Waals surface area (Å²) in [7, 11) is 0. The molecule has 1 amide bonds. The standard InChI is InChI=1S/C17H23NO3/c1-11(2)10-15(17(20)21)18-16(19)14-9-5-7-12-6-3-4-8-13(12)14/h3-4,6,8,11,14-15H,5,7,9-10H2,1-2H3,(H,18,19)(H,20,21)/t14?,15-/m0/s1. The molecule has 0 aliphatic heterocycles. The second kappa shape index (κ2) is 6.74. The van der Waals surface area contributed by atoms with E-state index in [1.807, 2.05) is 32.0 Å². The SMILES string of the molecule is CC(C)C[C@H](NC(=O)C1CCCc2ccccc21)C(=O)O. The normalized spacial score (nSPS) is 18.9. The first-order valence-corrected chi connectivity index (χ1v) is 7.60. The Hall–Kier alpha value is -1.84. The molecule has 1 aliphatic carbocycles. The second-order valence-electron chi connectivity index (χ2n) is 6.17. The lowest BCUT2D eigenvalue weighted by Gasteiger charge is -2.26. The number of nitrogens with one attached hydrogen (secondary N) is 1. The highest BCUT2D eigenvalue weighted by Crippen LogP contribution is 2.31. The lowest BCUT2D eigenvalue weighted by Crippen LogP contribution is -2.44. The minimum Gasteiger partial charge on any atom is -0.480 e. The summed E-state index contributed by atoms with van der Waals surface area (Å²) in [5.74, 6) is -1.11. The fourth-order valence-corrected chi connectivity index (χ4v) is 2.99. The fraction of sp³-hybridized carbons (Fsp3) is 0.529. The largest absolute Gasteiger partial charge is 0.480 e. The van der Waals surface area contributed by atoms with Crippen molar-refractivity contribution in [3.8, 4) is 0 Å². The van der Waals surface area contributed by atoms with E-state index in [0.717, 1.165) is 24.8 Å². The number of rotatable bonds is 5. The lowest BCUT2D eigenvalue weighted by atomic mass is 9.82. The predicted octanol–water partition coefficient (Wildman–Crippen LogP) is 2.72. The topological polar surface area (TPSA) is 66.4 Å². The molecule has 2 atom stereocenters. The highest BCUT2D eigenvalue weighted by Gasteiger charge is 2.29. The molecule has 2 N–H and O–H groups in total. The zero-order valence-electron chi connectivity index (χ0n) is 12.6. The summed E-state index contributed by atoms with van der Waals surface area (Å²) in [6.07, 6.45) is 3.21. The van der Waals surface area contributed by atoms with E-state index in [2.05, 4.69) is 11.4 Å². The highest BCUT2D eigenvalue weighted by molar-refractivity contribution is 5.88. The minimum absolute atomic E-state index is 0.157. The molecule has 1 aromatic carbocycles. The average Bonchev–Trinajstić information content (AvgIpc) is 2.45. The van der Waals surface area contributed by atoms with Gasteiger partial charge in [-0.2, -0.15) is 0 Å². The molecule has 0 saturated heterocycles. The van der Waals surface area contributed by atoms with Crippen molar-refractivity contribution in [3.05, 3.63) is 35.4 Å². The van der Waals surface area contributed by atoms with Crippen molar-refractivity contribution in [1.82, 2.24) is 5.32 Å². The Morgan fingerprint density at radius 3 is 2.71 bits per heavy atom. The van der Waals surface area contributed by atoms with Gasteiger partial charge in [0.2, 0.25) is 5.91 Å². The third kappa shape index (κ3) is 3.84. The quantitative estimate of drug-likeness (QED) is 0.876. The molecule has 1 aliphatic rings. The number of hydrogen-bond donors (Lipinski definition) is 2. The van der Waals surface area contributed by atoms with Crippen molar-refractivity contribution in [2.75, 3.05) is 0 Å². The molecule has 1 unspecified atom stereocenters. The van der Waals surface area contributed by atoms with Gasteiger partial charge in [0, 0.05) is 0 Å². The molecular weight excluding hydrogens is 266 g/mol. The molecule has 0 saturated carbocycles. The number of hydrogen-bond acceptors (Lipinski definition) is 2. The summed E-state index contributed by atoms with van der Waals surface area (Å²) in [6.45, 7) is 3.91. The summed E-state index contributed by atoms with van der Waals surface area (Å²) in [5.41, 5.74) is 2.26. The van der Waals surface area contributed by atoms with Crippen LogP contribution in [0.25, 0.3) is 0 Å². The van der Waals surface area contributed by atoms with Crippen LogP contribution in [0.5, 0.6) is 0 Å². The van der Waals surface area contributed by atoms with Crippen molar-refractivity contribution in [3.63, 3.8) is 0 Å². The Bertz CT molecular complexity index is 525. The number of carboxylic acid groups (broad SMARTS) is 1.